The zero-order chi connectivity index (χ0) is 14.5. The molecule has 5 nitrogen and oxygen atoms in total. The van der Waals surface area contributed by atoms with Crippen LogP contribution in [0, 0.1) is 0 Å². The molecule has 1 heterocycles. The fraction of sp³-hybridized carbons (Fsp3) is 0.308. The van der Waals surface area contributed by atoms with Crippen LogP contribution in [0.3, 0.4) is 0 Å². The van der Waals surface area contributed by atoms with Gasteiger partial charge in [-0.2, -0.15) is 0 Å². The van der Waals surface area contributed by atoms with Crippen molar-refractivity contribution in [1.29, 1.82) is 0 Å². The number of carbonyl (C=O) groups is 1. The third-order valence-electron chi connectivity index (χ3n) is 2.52. The van der Waals surface area contributed by atoms with E-state index in [0.29, 0.717) is 28.3 Å². The fourth-order valence-electron chi connectivity index (χ4n) is 1.46. The summed E-state index contributed by atoms with van der Waals surface area (Å²) in [6, 6.07) is 7.22. The highest BCUT2D eigenvalue weighted by atomic mass is 35.5. The van der Waals surface area contributed by atoms with Crippen LogP contribution < -0.4 is 0 Å². The van der Waals surface area contributed by atoms with Gasteiger partial charge in [0.15, 0.2) is 0 Å². The van der Waals surface area contributed by atoms with Gasteiger partial charge < -0.3 is 9.32 Å². The van der Waals surface area contributed by atoms with Gasteiger partial charge in [0.05, 0.1) is 0 Å². The summed E-state index contributed by atoms with van der Waals surface area (Å²) in [6.07, 6.45) is 0.437. The molecule has 0 fully saturated rings. The van der Waals surface area contributed by atoms with E-state index < -0.39 is 0 Å². The highest BCUT2D eigenvalue weighted by Gasteiger charge is 2.10. The fourth-order valence-corrected chi connectivity index (χ4v) is 2.33. The van der Waals surface area contributed by atoms with E-state index >= 15 is 0 Å². The van der Waals surface area contributed by atoms with E-state index in [0.717, 1.165) is 5.56 Å². The number of amides is 1. The van der Waals surface area contributed by atoms with Crippen LogP contribution in [0.5, 0.6) is 0 Å². The summed E-state index contributed by atoms with van der Waals surface area (Å²) < 4.78 is 5.52. The average Bonchev–Trinajstić information content (AvgIpc) is 2.87. The van der Waals surface area contributed by atoms with Crippen LogP contribution in [-0.4, -0.2) is 40.9 Å². The van der Waals surface area contributed by atoms with Crippen LogP contribution in [0.2, 0.25) is 5.02 Å². The number of benzene rings is 1. The minimum Gasteiger partial charge on any atom is -0.411 e. The van der Waals surface area contributed by atoms with E-state index in [1.807, 2.05) is 12.1 Å². The number of hydrogen-bond acceptors (Lipinski definition) is 5. The molecule has 0 bridgehead atoms. The molecular weight excluding hydrogens is 298 g/mol. The summed E-state index contributed by atoms with van der Waals surface area (Å²) in [5.41, 5.74) is 0.779. The number of halogens is 1. The molecule has 106 valence electrons. The Morgan fingerprint density at radius 3 is 2.90 bits per heavy atom. The molecule has 7 heteroatoms. The molecule has 1 amide bonds. The maximum absolute atomic E-state index is 11.4. The van der Waals surface area contributed by atoms with Crippen molar-refractivity contribution in [1.82, 2.24) is 15.1 Å². The summed E-state index contributed by atoms with van der Waals surface area (Å²) in [7, 11) is 3.47. The monoisotopic (exact) mass is 311 g/mol. The highest BCUT2D eigenvalue weighted by Crippen LogP contribution is 2.25. The van der Waals surface area contributed by atoms with Crippen molar-refractivity contribution < 1.29 is 9.21 Å². The van der Waals surface area contributed by atoms with Gasteiger partial charge in [0, 0.05) is 36.9 Å². The van der Waals surface area contributed by atoms with Crippen molar-refractivity contribution >= 4 is 29.3 Å². The molecule has 1 aromatic carbocycles. The van der Waals surface area contributed by atoms with E-state index in [4.69, 9.17) is 16.0 Å². The van der Waals surface area contributed by atoms with Crippen LogP contribution >= 0.6 is 23.4 Å². The summed E-state index contributed by atoms with van der Waals surface area (Å²) >= 11 is 7.28. The lowest BCUT2D eigenvalue weighted by molar-refractivity contribution is -0.128. The van der Waals surface area contributed by atoms with Gasteiger partial charge >= 0.3 is 0 Å². The average molecular weight is 312 g/mol. The number of carbonyl (C=O) groups excluding carboxylic acids is 1. The Balaban J connectivity index is 1.94. The zero-order valence-corrected chi connectivity index (χ0v) is 12.7. The van der Waals surface area contributed by atoms with E-state index in [1.165, 1.54) is 11.8 Å². The van der Waals surface area contributed by atoms with Crippen molar-refractivity contribution in [3.05, 3.63) is 29.3 Å². The molecule has 0 atom stereocenters. The Bertz CT molecular complexity index is 601. The SMILES string of the molecule is CN(C)C(=O)CCSc1nnc(-c2cccc(Cl)c2)o1. The van der Waals surface area contributed by atoms with Gasteiger partial charge in [-0.05, 0) is 18.2 Å². The van der Waals surface area contributed by atoms with Gasteiger partial charge in [0.25, 0.3) is 5.22 Å². The first-order valence-corrected chi connectivity index (χ1v) is 7.35. The number of rotatable bonds is 5. The quantitative estimate of drug-likeness (QED) is 0.795. The predicted molar refractivity (Wildman–Crippen MR) is 78.8 cm³/mol. The third kappa shape index (κ3) is 3.98. The second kappa shape index (κ2) is 6.76. The van der Waals surface area contributed by atoms with E-state index in [9.17, 15) is 4.79 Å². The Hall–Kier alpha value is -1.53. The van der Waals surface area contributed by atoms with Crippen LogP contribution in [0.4, 0.5) is 0 Å². The Labute approximate surface area is 126 Å². The normalized spacial score (nSPS) is 10.6. The molecule has 0 saturated carbocycles. The number of thioether (sulfide) groups is 1. The summed E-state index contributed by atoms with van der Waals surface area (Å²) in [5, 5.41) is 8.98. The Morgan fingerprint density at radius 1 is 1.40 bits per heavy atom. The maximum Gasteiger partial charge on any atom is 0.276 e. The van der Waals surface area contributed by atoms with Crippen LogP contribution in [0.1, 0.15) is 6.42 Å². The molecular formula is C13H14ClN3O2S. The van der Waals surface area contributed by atoms with Crippen molar-refractivity contribution in [3.63, 3.8) is 0 Å². The van der Waals surface area contributed by atoms with Crippen molar-refractivity contribution in [2.24, 2.45) is 0 Å². The third-order valence-corrected chi connectivity index (χ3v) is 3.57. The number of nitrogens with zero attached hydrogens (tertiary/aromatic N) is 3. The molecule has 0 aliphatic heterocycles. The first-order chi connectivity index (χ1) is 9.56. The zero-order valence-electron chi connectivity index (χ0n) is 11.2. The predicted octanol–water partition coefficient (Wildman–Crippen LogP) is 2.96. The molecule has 0 aliphatic carbocycles. The van der Waals surface area contributed by atoms with Crippen LogP contribution in [0.15, 0.2) is 33.9 Å². The Morgan fingerprint density at radius 2 is 2.20 bits per heavy atom. The topological polar surface area (TPSA) is 59.2 Å². The van der Waals surface area contributed by atoms with Crippen molar-refractivity contribution in [3.8, 4) is 11.5 Å². The molecule has 20 heavy (non-hydrogen) atoms. The summed E-state index contributed by atoms with van der Waals surface area (Å²) in [6.45, 7) is 0. The van der Waals surface area contributed by atoms with Gasteiger partial charge in [0.1, 0.15) is 0 Å². The summed E-state index contributed by atoms with van der Waals surface area (Å²) in [5.74, 6) is 1.11. The molecule has 0 spiro atoms. The minimum atomic E-state index is 0.0760. The van der Waals surface area contributed by atoms with E-state index in [1.54, 1.807) is 31.1 Å². The lowest BCUT2D eigenvalue weighted by Crippen LogP contribution is -2.21. The van der Waals surface area contributed by atoms with E-state index in [2.05, 4.69) is 10.2 Å². The van der Waals surface area contributed by atoms with Crippen LogP contribution in [-0.2, 0) is 4.79 Å². The second-order valence-electron chi connectivity index (χ2n) is 4.27. The van der Waals surface area contributed by atoms with Crippen LogP contribution in [0.25, 0.3) is 11.5 Å². The summed E-state index contributed by atoms with van der Waals surface area (Å²) in [4.78, 5) is 13.0. The van der Waals surface area contributed by atoms with Crippen molar-refractivity contribution in [2.45, 2.75) is 11.6 Å². The Kier molecular flexibility index (Phi) is 5.03. The second-order valence-corrected chi connectivity index (χ2v) is 5.75. The standard InChI is InChI=1S/C13H14ClN3O2S/c1-17(2)11(18)6-7-20-13-16-15-12(19-13)9-4-3-5-10(14)8-9/h3-5,8H,6-7H2,1-2H3. The lowest BCUT2D eigenvalue weighted by Gasteiger charge is -2.08. The molecule has 2 aromatic rings. The smallest absolute Gasteiger partial charge is 0.276 e. The van der Waals surface area contributed by atoms with Gasteiger partial charge in [-0.1, -0.05) is 29.4 Å². The first kappa shape index (κ1) is 14.9. The maximum atomic E-state index is 11.4. The molecule has 0 N–H and O–H groups in total. The number of aromatic nitrogens is 2. The lowest BCUT2D eigenvalue weighted by atomic mass is 10.2. The molecule has 0 unspecified atom stereocenters. The van der Waals surface area contributed by atoms with Gasteiger partial charge in [0.2, 0.25) is 11.8 Å². The molecule has 1 aromatic heterocycles. The highest BCUT2D eigenvalue weighted by molar-refractivity contribution is 7.99. The van der Waals surface area contributed by atoms with Gasteiger partial charge in [-0.25, -0.2) is 0 Å². The molecule has 2 rings (SSSR count). The van der Waals surface area contributed by atoms with Gasteiger partial charge in [-0.15, -0.1) is 10.2 Å². The largest absolute Gasteiger partial charge is 0.411 e. The van der Waals surface area contributed by atoms with E-state index in [-0.39, 0.29) is 5.91 Å². The molecule has 0 aliphatic rings. The number of hydrogen-bond donors (Lipinski definition) is 0. The van der Waals surface area contributed by atoms with Gasteiger partial charge in [-0.3, -0.25) is 4.79 Å². The minimum absolute atomic E-state index is 0.0760. The van der Waals surface area contributed by atoms with Crippen molar-refractivity contribution in [2.75, 3.05) is 19.8 Å². The molecule has 0 saturated heterocycles. The first-order valence-electron chi connectivity index (χ1n) is 5.98. The molecule has 0 radical (unpaired) electrons.